The molecule has 9 heteroatoms. The van der Waals surface area contributed by atoms with E-state index in [-0.39, 0.29) is 29.5 Å². The van der Waals surface area contributed by atoms with Gasteiger partial charge in [-0.05, 0) is 74.2 Å². The van der Waals surface area contributed by atoms with Crippen LogP contribution in [0.2, 0.25) is 5.02 Å². The van der Waals surface area contributed by atoms with Crippen LogP contribution in [-0.4, -0.2) is 34.5 Å². The van der Waals surface area contributed by atoms with Crippen molar-refractivity contribution in [3.05, 3.63) is 94.5 Å². The molecule has 0 saturated heterocycles. The lowest BCUT2D eigenvalue weighted by atomic mass is 9.94. The molecular formula is C28H27ClF2N2O4. The summed E-state index contributed by atoms with van der Waals surface area (Å²) in [5.41, 5.74) is 0.413. The maximum atomic E-state index is 14.1. The van der Waals surface area contributed by atoms with Crippen molar-refractivity contribution in [1.29, 1.82) is 0 Å². The van der Waals surface area contributed by atoms with Crippen molar-refractivity contribution in [3.8, 4) is 11.1 Å². The largest absolute Gasteiger partial charge is 0.481 e. The zero-order chi connectivity index (χ0) is 27.2. The second-order valence-corrected chi connectivity index (χ2v) is 9.75. The number of rotatable bonds is 10. The molecule has 0 aliphatic heterocycles. The minimum atomic E-state index is -1.11. The number of nitrogens with one attached hydrogen (secondary N) is 2. The third-order valence-corrected chi connectivity index (χ3v) is 5.94. The Morgan fingerprint density at radius 3 is 2.11 bits per heavy atom. The molecule has 0 fully saturated rings. The summed E-state index contributed by atoms with van der Waals surface area (Å²) in [4.78, 5) is 37.1. The number of carbonyl (C=O) groups excluding carboxylic acids is 2. The van der Waals surface area contributed by atoms with Crippen LogP contribution in [0.25, 0.3) is 11.1 Å². The molecule has 0 saturated carbocycles. The van der Waals surface area contributed by atoms with Crippen LogP contribution in [0.3, 0.4) is 0 Å². The van der Waals surface area contributed by atoms with Crippen molar-refractivity contribution in [2.75, 3.05) is 0 Å². The fraction of sp³-hybridized carbons (Fsp3) is 0.250. The van der Waals surface area contributed by atoms with Crippen molar-refractivity contribution < 1.29 is 28.3 Å². The second-order valence-electron chi connectivity index (χ2n) is 9.31. The molecule has 0 aliphatic carbocycles. The van der Waals surface area contributed by atoms with E-state index in [1.165, 1.54) is 30.3 Å². The Morgan fingerprint density at radius 2 is 1.54 bits per heavy atom. The van der Waals surface area contributed by atoms with E-state index in [9.17, 15) is 23.2 Å². The molecule has 0 unspecified atom stereocenters. The molecule has 3 aromatic rings. The van der Waals surface area contributed by atoms with Gasteiger partial charge in [-0.3, -0.25) is 14.4 Å². The lowest BCUT2D eigenvalue weighted by Crippen LogP contribution is -2.54. The molecule has 0 spiro atoms. The number of carboxylic acids is 1. The first-order chi connectivity index (χ1) is 17.4. The standard InChI is InChI=1S/C28H27ClF2N2O4/c1-28(2,16-17-6-12-20(29)13-7-17)33-27(37)23(14-15-24(34)35)32-26(36)19-10-8-18(9-11-19)25-21(30)4-3-5-22(25)31/h3-13,23H,14-16H2,1-2H3,(H,32,36)(H,33,37)(H,34,35)/t23-/m0/s1. The number of hydrogen-bond donors (Lipinski definition) is 3. The van der Waals surface area contributed by atoms with Gasteiger partial charge in [-0.1, -0.05) is 41.9 Å². The molecule has 0 radical (unpaired) electrons. The van der Waals surface area contributed by atoms with Crippen LogP contribution in [0, 0.1) is 11.6 Å². The molecule has 2 amide bonds. The zero-order valence-electron chi connectivity index (χ0n) is 20.4. The quantitative estimate of drug-likeness (QED) is 0.329. The number of hydrogen-bond acceptors (Lipinski definition) is 3. The van der Waals surface area contributed by atoms with Crippen molar-refractivity contribution >= 4 is 29.4 Å². The van der Waals surface area contributed by atoms with Gasteiger partial charge in [0.15, 0.2) is 0 Å². The molecule has 3 rings (SSSR count). The van der Waals surface area contributed by atoms with Crippen molar-refractivity contribution in [3.63, 3.8) is 0 Å². The molecule has 3 N–H and O–H groups in total. The van der Waals surface area contributed by atoms with E-state index in [0.717, 1.165) is 17.7 Å². The van der Waals surface area contributed by atoms with Crippen LogP contribution in [-0.2, 0) is 16.0 Å². The normalized spacial score (nSPS) is 12.0. The van der Waals surface area contributed by atoms with E-state index < -0.39 is 41.0 Å². The topological polar surface area (TPSA) is 95.5 Å². The van der Waals surface area contributed by atoms with Gasteiger partial charge >= 0.3 is 5.97 Å². The molecule has 0 heterocycles. The molecule has 0 bridgehead atoms. The van der Waals surface area contributed by atoms with Gasteiger partial charge in [0.2, 0.25) is 5.91 Å². The predicted molar refractivity (Wildman–Crippen MR) is 137 cm³/mol. The van der Waals surface area contributed by atoms with E-state index in [4.69, 9.17) is 16.7 Å². The Morgan fingerprint density at radius 1 is 0.946 bits per heavy atom. The second kappa shape index (κ2) is 12.0. The van der Waals surface area contributed by atoms with Crippen LogP contribution in [0.15, 0.2) is 66.7 Å². The summed E-state index contributed by atoms with van der Waals surface area (Å²) in [6.07, 6.45) is 0.0213. The van der Waals surface area contributed by atoms with Gasteiger partial charge in [0, 0.05) is 22.5 Å². The van der Waals surface area contributed by atoms with Gasteiger partial charge in [-0.15, -0.1) is 0 Å². The molecule has 1 atom stereocenters. The molecule has 0 aromatic heterocycles. The molecular weight excluding hydrogens is 502 g/mol. The molecule has 3 aromatic carbocycles. The van der Waals surface area contributed by atoms with Gasteiger partial charge in [-0.25, -0.2) is 8.78 Å². The monoisotopic (exact) mass is 528 g/mol. The Hall–Kier alpha value is -3.78. The number of amides is 2. The number of halogens is 3. The minimum absolute atomic E-state index is 0.123. The van der Waals surface area contributed by atoms with Gasteiger partial charge in [-0.2, -0.15) is 0 Å². The highest BCUT2D eigenvalue weighted by Gasteiger charge is 2.28. The average Bonchev–Trinajstić information content (AvgIpc) is 2.82. The Kier molecular flexibility index (Phi) is 8.99. The lowest BCUT2D eigenvalue weighted by Gasteiger charge is -2.29. The first kappa shape index (κ1) is 27.8. The summed E-state index contributed by atoms with van der Waals surface area (Å²) < 4.78 is 28.2. The fourth-order valence-electron chi connectivity index (χ4n) is 3.92. The van der Waals surface area contributed by atoms with Crippen LogP contribution in [0.5, 0.6) is 0 Å². The summed E-state index contributed by atoms with van der Waals surface area (Å²) in [6, 6.07) is 15.2. The van der Waals surface area contributed by atoms with E-state index in [1.54, 1.807) is 12.1 Å². The first-order valence-corrected chi connectivity index (χ1v) is 12.0. The van der Waals surface area contributed by atoms with Crippen molar-refractivity contribution in [2.45, 2.75) is 44.7 Å². The van der Waals surface area contributed by atoms with Crippen LogP contribution in [0.4, 0.5) is 8.78 Å². The van der Waals surface area contributed by atoms with E-state index >= 15 is 0 Å². The number of benzene rings is 3. The Bertz CT molecular complexity index is 1260. The van der Waals surface area contributed by atoms with Gasteiger partial charge in [0.05, 0.1) is 5.56 Å². The summed E-state index contributed by atoms with van der Waals surface area (Å²) in [7, 11) is 0. The third-order valence-electron chi connectivity index (χ3n) is 5.69. The molecule has 194 valence electrons. The molecule has 0 aliphatic rings. The maximum Gasteiger partial charge on any atom is 0.303 e. The highest BCUT2D eigenvalue weighted by Crippen LogP contribution is 2.26. The van der Waals surface area contributed by atoms with Crippen molar-refractivity contribution in [2.24, 2.45) is 0 Å². The lowest BCUT2D eigenvalue weighted by molar-refractivity contribution is -0.137. The smallest absolute Gasteiger partial charge is 0.303 e. The highest BCUT2D eigenvalue weighted by molar-refractivity contribution is 6.30. The highest BCUT2D eigenvalue weighted by atomic mass is 35.5. The van der Waals surface area contributed by atoms with Crippen molar-refractivity contribution in [1.82, 2.24) is 10.6 Å². The summed E-state index contributed by atoms with van der Waals surface area (Å²) in [5, 5.41) is 15.2. The van der Waals surface area contributed by atoms with E-state index in [0.29, 0.717) is 11.4 Å². The average molecular weight is 529 g/mol. The SMILES string of the molecule is CC(C)(Cc1ccc(Cl)cc1)NC(=O)[C@H](CCC(=O)O)NC(=O)c1ccc(-c2c(F)cccc2F)cc1. The minimum Gasteiger partial charge on any atom is -0.481 e. The number of carbonyl (C=O) groups is 3. The zero-order valence-corrected chi connectivity index (χ0v) is 21.1. The van der Waals surface area contributed by atoms with E-state index in [2.05, 4.69) is 10.6 Å². The maximum absolute atomic E-state index is 14.1. The third kappa shape index (κ3) is 7.85. The Balaban J connectivity index is 1.72. The van der Waals surface area contributed by atoms with Crippen LogP contribution < -0.4 is 10.6 Å². The molecule has 37 heavy (non-hydrogen) atoms. The summed E-state index contributed by atoms with van der Waals surface area (Å²) in [5.74, 6) is -3.73. The van der Waals surface area contributed by atoms with E-state index in [1.807, 2.05) is 26.0 Å². The van der Waals surface area contributed by atoms with Gasteiger partial charge in [0.25, 0.3) is 5.91 Å². The number of aliphatic carboxylic acids is 1. The van der Waals surface area contributed by atoms with Crippen LogP contribution in [0.1, 0.15) is 42.6 Å². The predicted octanol–water partition coefficient (Wildman–Crippen LogP) is 5.39. The summed E-state index contributed by atoms with van der Waals surface area (Å²) >= 11 is 5.93. The van der Waals surface area contributed by atoms with Gasteiger partial charge in [0.1, 0.15) is 17.7 Å². The Labute approximate surface area is 218 Å². The fourth-order valence-corrected chi connectivity index (χ4v) is 4.04. The number of carboxylic acid groups (broad SMARTS) is 1. The van der Waals surface area contributed by atoms with Gasteiger partial charge < -0.3 is 15.7 Å². The van der Waals surface area contributed by atoms with Crippen LogP contribution >= 0.6 is 11.6 Å². The summed E-state index contributed by atoms with van der Waals surface area (Å²) in [6.45, 7) is 3.63. The molecule has 6 nitrogen and oxygen atoms in total. The first-order valence-electron chi connectivity index (χ1n) is 11.6.